The third-order valence-electron chi connectivity index (χ3n) is 2.33. The first-order chi connectivity index (χ1) is 6.32. The minimum Gasteiger partial charge on any atom is -0.324 e. The second-order valence-corrected chi connectivity index (χ2v) is 5.63. The van der Waals surface area contributed by atoms with Crippen LogP contribution in [0, 0.1) is 0 Å². The maximum absolute atomic E-state index is 5.82. The van der Waals surface area contributed by atoms with Gasteiger partial charge in [0, 0.05) is 10.5 Å². The SMILES string of the molecule is CC(N)c1ccc(C(C)(C)C)c(Br)c1. The van der Waals surface area contributed by atoms with Crippen molar-refractivity contribution in [2.75, 3.05) is 0 Å². The molecule has 2 heteroatoms. The van der Waals surface area contributed by atoms with E-state index in [0.29, 0.717) is 0 Å². The van der Waals surface area contributed by atoms with Crippen LogP contribution in [0.4, 0.5) is 0 Å². The zero-order valence-electron chi connectivity index (χ0n) is 9.26. The summed E-state index contributed by atoms with van der Waals surface area (Å²) in [5.41, 5.74) is 8.49. The van der Waals surface area contributed by atoms with Crippen LogP contribution in [-0.4, -0.2) is 0 Å². The van der Waals surface area contributed by atoms with Crippen molar-refractivity contribution in [3.05, 3.63) is 33.8 Å². The predicted molar refractivity (Wildman–Crippen MR) is 65.4 cm³/mol. The normalized spacial score (nSPS) is 14.1. The minimum absolute atomic E-state index is 0.0975. The Morgan fingerprint density at radius 1 is 1.29 bits per heavy atom. The molecule has 0 heterocycles. The molecule has 1 aromatic rings. The molecule has 1 aromatic carbocycles. The molecule has 78 valence electrons. The molecule has 0 spiro atoms. The molecule has 0 saturated carbocycles. The fourth-order valence-corrected chi connectivity index (χ4v) is 2.41. The molecule has 14 heavy (non-hydrogen) atoms. The van der Waals surface area contributed by atoms with E-state index in [1.54, 1.807) is 0 Å². The quantitative estimate of drug-likeness (QED) is 0.813. The summed E-state index contributed by atoms with van der Waals surface area (Å²) in [5, 5.41) is 0. The van der Waals surface area contributed by atoms with Crippen LogP contribution < -0.4 is 5.73 Å². The van der Waals surface area contributed by atoms with Gasteiger partial charge in [0.1, 0.15) is 0 Å². The molecule has 0 aliphatic carbocycles. The lowest BCUT2D eigenvalue weighted by Gasteiger charge is -2.21. The molecule has 0 fully saturated rings. The van der Waals surface area contributed by atoms with Gasteiger partial charge in [0.25, 0.3) is 0 Å². The second kappa shape index (κ2) is 4.03. The monoisotopic (exact) mass is 255 g/mol. The van der Waals surface area contributed by atoms with E-state index in [1.165, 1.54) is 11.1 Å². The topological polar surface area (TPSA) is 26.0 Å². The largest absolute Gasteiger partial charge is 0.324 e. The Morgan fingerprint density at radius 3 is 2.21 bits per heavy atom. The predicted octanol–water partition coefficient (Wildman–Crippen LogP) is 3.77. The van der Waals surface area contributed by atoms with E-state index in [4.69, 9.17) is 5.73 Å². The van der Waals surface area contributed by atoms with E-state index in [2.05, 4.69) is 54.9 Å². The summed E-state index contributed by atoms with van der Waals surface area (Å²) in [6, 6.07) is 6.48. The van der Waals surface area contributed by atoms with Crippen LogP contribution in [0.5, 0.6) is 0 Å². The number of benzene rings is 1. The van der Waals surface area contributed by atoms with Gasteiger partial charge in [0.15, 0.2) is 0 Å². The summed E-state index contributed by atoms with van der Waals surface area (Å²) < 4.78 is 1.15. The van der Waals surface area contributed by atoms with E-state index in [-0.39, 0.29) is 11.5 Å². The molecule has 2 N–H and O–H groups in total. The van der Waals surface area contributed by atoms with Gasteiger partial charge < -0.3 is 5.73 Å². The maximum atomic E-state index is 5.82. The van der Waals surface area contributed by atoms with Gasteiger partial charge in [-0.15, -0.1) is 0 Å². The lowest BCUT2D eigenvalue weighted by atomic mass is 9.86. The molecule has 0 radical (unpaired) electrons. The van der Waals surface area contributed by atoms with Crippen molar-refractivity contribution in [3.63, 3.8) is 0 Å². The zero-order valence-corrected chi connectivity index (χ0v) is 10.9. The summed E-state index contributed by atoms with van der Waals surface area (Å²) in [5.74, 6) is 0. The van der Waals surface area contributed by atoms with Crippen LogP contribution in [-0.2, 0) is 5.41 Å². The zero-order chi connectivity index (χ0) is 10.9. The van der Waals surface area contributed by atoms with Crippen LogP contribution in [0.2, 0.25) is 0 Å². The van der Waals surface area contributed by atoms with Gasteiger partial charge in [-0.1, -0.05) is 48.8 Å². The number of halogens is 1. The average Bonchev–Trinajstić information content (AvgIpc) is 2.01. The Kier molecular flexibility index (Phi) is 3.38. The van der Waals surface area contributed by atoms with Gasteiger partial charge in [-0.2, -0.15) is 0 Å². The molecule has 1 nitrogen and oxygen atoms in total. The van der Waals surface area contributed by atoms with Crippen molar-refractivity contribution in [2.24, 2.45) is 5.73 Å². The fraction of sp³-hybridized carbons (Fsp3) is 0.500. The molecule has 1 atom stereocenters. The van der Waals surface area contributed by atoms with Crippen molar-refractivity contribution in [1.82, 2.24) is 0 Å². The van der Waals surface area contributed by atoms with Gasteiger partial charge in [-0.05, 0) is 29.5 Å². The Bertz CT molecular complexity index is 324. The second-order valence-electron chi connectivity index (χ2n) is 4.78. The Balaban J connectivity index is 3.15. The van der Waals surface area contributed by atoms with Crippen molar-refractivity contribution in [1.29, 1.82) is 0 Å². The van der Waals surface area contributed by atoms with Gasteiger partial charge in [-0.25, -0.2) is 0 Å². The first kappa shape index (κ1) is 11.7. The van der Waals surface area contributed by atoms with Crippen LogP contribution in [0.25, 0.3) is 0 Å². The Hall–Kier alpha value is -0.340. The first-order valence-corrected chi connectivity index (χ1v) is 5.67. The molecule has 0 amide bonds. The van der Waals surface area contributed by atoms with Crippen LogP contribution in [0.3, 0.4) is 0 Å². The van der Waals surface area contributed by atoms with Crippen molar-refractivity contribution in [3.8, 4) is 0 Å². The maximum Gasteiger partial charge on any atom is 0.0266 e. The van der Waals surface area contributed by atoms with Crippen LogP contribution >= 0.6 is 15.9 Å². The fourth-order valence-electron chi connectivity index (χ4n) is 1.42. The molecule has 1 rings (SSSR count). The Morgan fingerprint density at radius 2 is 1.86 bits per heavy atom. The molecule has 1 unspecified atom stereocenters. The number of nitrogens with two attached hydrogens (primary N) is 1. The van der Waals surface area contributed by atoms with Crippen molar-refractivity contribution in [2.45, 2.75) is 39.2 Å². The highest BCUT2D eigenvalue weighted by molar-refractivity contribution is 9.10. The van der Waals surface area contributed by atoms with E-state index in [1.807, 2.05) is 6.92 Å². The van der Waals surface area contributed by atoms with E-state index < -0.39 is 0 Å². The highest BCUT2D eigenvalue weighted by Crippen LogP contribution is 2.31. The average molecular weight is 256 g/mol. The molecule has 0 aliphatic heterocycles. The smallest absolute Gasteiger partial charge is 0.0266 e. The third kappa shape index (κ3) is 2.58. The standard InChI is InChI=1S/C12H18BrN/c1-8(14)9-5-6-10(11(13)7-9)12(2,3)4/h5-8H,14H2,1-4H3. The highest BCUT2D eigenvalue weighted by Gasteiger charge is 2.17. The Labute approximate surface area is 94.8 Å². The number of hydrogen-bond acceptors (Lipinski definition) is 1. The van der Waals surface area contributed by atoms with Crippen LogP contribution in [0.1, 0.15) is 44.9 Å². The lowest BCUT2D eigenvalue weighted by molar-refractivity contribution is 0.586. The molecule has 0 aliphatic rings. The first-order valence-electron chi connectivity index (χ1n) is 4.88. The summed E-state index contributed by atoms with van der Waals surface area (Å²) >= 11 is 3.60. The van der Waals surface area contributed by atoms with E-state index >= 15 is 0 Å². The van der Waals surface area contributed by atoms with Gasteiger partial charge >= 0.3 is 0 Å². The molecular weight excluding hydrogens is 238 g/mol. The number of rotatable bonds is 1. The third-order valence-corrected chi connectivity index (χ3v) is 2.98. The van der Waals surface area contributed by atoms with Crippen molar-refractivity contribution < 1.29 is 0 Å². The summed E-state index contributed by atoms with van der Waals surface area (Å²) in [6.07, 6.45) is 0. The molecular formula is C12H18BrN. The van der Waals surface area contributed by atoms with E-state index in [0.717, 1.165) is 4.47 Å². The van der Waals surface area contributed by atoms with Gasteiger partial charge in [0.2, 0.25) is 0 Å². The molecule has 0 saturated heterocycles. The summed E-state index contributed by atoms with van der Waals surface area (Å²) in [6.45, 7) is 8.62. The lowest BCUT2D eigenvalue weighted by Crippen LogP contribution is -2.13. The molecule has 0 bridgehead atoms. The van der Waals surface area contributed by atoms with Crippen LogP contribution in [0.15, 0.2) is 22.7 Å². The van der Waals surface area contributed by atoms with Crippen molar-refractivity contribution >= 4 is 15.9 Å². The minimum atomic E-state index is 0.0975. The summed E-state index contributed by atoms with van der Waals surface area (Å²) in [4.78, 5) is 0. The highest BCUT2D eigenvalue weighted by atomic mass is 79.9. The number of hydrogen-bond donors (Lipinski definition) is 1. The molecule has 0 aromatic heterocycles. The van der Waals surface area contributed by atoms with E-state index in [9.17, 15) is 0 Å². The summed E-state index contributed by atoms with van der Waals surface area (Å²) in [7, 11) is 0. The van der Waals surface area contributed by atoms with Gasteiger partial charge in [-0.3, -0.25) is 0 Å². The van der Waals surface area contributed by atoms with Gasteiger partial charge in [0.05, 0.1) is 0 Å².